The number of fused-ring (bicyclic) bond motifs is 1. The highest BCUT2D eigenvalue weighted by molar-refractivity contribution is 7.22. The normalized spacial score (nSPS) is 10.8. The van der Waals surface area contributed by atoms with Crippen LogP contribution in [0.2, 0.25) is 0 Å². The van der Waals surface area contributed by atoms with E-state index in [1.165, 1.54) is 17.5 Å². The standard InChI is InChI=1S/C12H11N5OS/c1-6-3-4-7(2)10-9(6)14-12(19-10)15-11(18)8-5-13-17-16-8/h3-5H,1-2H3,(H,13,16,17)(H,14,15,18). The number of aryl methyl sites for hydroxylation is 2. The average molecular weight is 273 g/mol. The predicted molar refractivity (Wildman–Crippen MR) is 73.4 cm³/mol. The third-order valence-corrected chi connectivity index (χ3v) is 3.92. The number of hydrogen-bond acceptors (Lipinski definition) is 5. The summed E-state index contributed by atoms with van der Waals surface area (Å²) in [6.45, 7) is 4.04. The molecule has 0 saturated carbocycles. The van der Waals surface area contributed by atoms with Gasteiger partial charge in [0, 0.05) is 0 Å². The Morgan fingerprint density at radius 3 is 2.79 bits per heavy atom. The number of benzene rings is 1. The molecule has 0 bridgehead atoms. The molecule has 2 heterocycles. The molecule has 2 N–H and O–H groups in total. The Morgan fingerprint density at radius 1 is 1.32 bits per heavy atom. The van der Waals surface area contributed by atoms with Crippen molar-refractivity contribution >= 4 is 32.6 Å². The summed E-state index contributed by atoms with van der Waals surface area (Å²) >= 11 is 1.46. The summed E-state index contributed by atoms with van der Waals surface area (Å²) in [6.07, 6.45) is 1.37. The first-order valence-electron chi connectivity index (χ1n) is 5.69. The van der Waals surface area contributed by atoms with E-state index in [0.717, 1.165) is 21.3 Å². The molecule has 1 aromatic carbocycles. The molecule has 1 amide bonds. The molecular weight excluding hydrogens is 262 g/mol. The summed E-state index contributed by atoms with van der Waals surface area (Å²) in [5, 5.41) is 13.0. The first-order chi connectivity index (χ1) is 9.15. The van der Waals surface area contributed by atoms with E-state index in [1.54, 1.807) is 0 Å². The largest absolute Gasteiger partial charge is 0.296 e. The summed E-state index contributed by atoms with van der Waals surface area (Å²) in [4.78, 5) is 16.3. The summed E-state index contributed by atoms with van der Waals surface area (Å²) in [7, 11) is 0. The van der Waals surface area contributed by atoms with Crippen molar-refractivity contribution in [2.45, 2.75) is 13.8 Å². The summed E-state index contributed by atoms with van der Waals surface area (Å²) in [5.41, 5.74) is 3.42. The second kappa shape index (κ2) is 4.43. The van der Waals surface area contributed by atoms with Gasteiger partial charge in [0.1, 0.15) is 0 Å². The van der Waals surface area contributed by atoms with Crippen LogP contribution >= 0.6 is 11.3 Å². The van der Waals surface area contributed by atoms with Crippen molar-refractivity contribution in [3.05, 3.63) is 35.2 Å². The lowest BCUT2D eigenvalue weighted by molar-refractivity contribution is 0.102. The Morgan fingerprint density at radius 2 is 2.11 bits per heavy atom. The number of nitrogens with one attached hydrogen (secondary N) is 2. The first-order valence-corrected chi connectivity index (χ1v) is 6.50. The summed E-state index contributed by atoms with van der Waals surface area (Å²) in [5.74, 6) is -0.317. The minimum absolute atomic E-state index is 0.243. The molecule has 96 valence electrons. The molecule has 0 saturated heterocycles. The smallest absolute Gasteiger partial charge is 0.279 e. The zero-order chi connectivity index (χ0) is 13.4. The summed E-state index contributed by atoms with van der Waals surface area (Å²) < 4.78 is 1.09. The third-order valence-electron chi connectivity index (χ3n) is 2.81. The van der Waals surface area contributed by atoms with E-state index in [0.29, 0.717) is 5.13 Å². The summed E-state index contributed by atoms with van der Waals surface area (Å²) in [6, 6.07) is 4.08. The lowest BCUT2D eigenvalue weighted by Crippen LogP contribution is -2.12. The number of carbonyl (C=O) groups excluding carboxylic acids is 1. The number of H-pyrrole nitrogens is 1. The Bertz CT molecular complexity index is 708. The van der Waals surface area contributed by atoms with Gasteiger partial charge in [-0.15, -0.1) is 0 Å². The number of carbonyl (C=O) groups is 1. The zero-order valence-corrected chi connectivity index (χ0v) is 11.2. The van der Waals surface area contributed by atoms with E-state index in [-0.39, 0.29) is 11.6 Å². The van der Waals surface area contributed by atoms with Crippen molar-refractivity contribution in [2.24, 2.45) is 0 Å². The van der Waals surface area contributed by atoms with Gasteiger partial charge >= 0.3 is 0 Å². The van der Waals surface area contributed by atoms with Crippen LogP contribution in [0.3, 0.4) is 0 Å². The fourth-order valence-corrected chi connectivity index (χ4v) is 2.79. The van der Waals surface area contributed by atoms with Gasteiger partial charge in [0.15, 0.2) is 10.8 Å². The lowest BCUT2D eigenvalue weighted by Gasteiger charge is -1.96. The molecule has 0 spiro atoms. The Kier molecular flexibility index (Phi) is 2.75. The molecule has 7 heteroatoms. The van der Waals surface area contributed by atoms with E-state index >= 15 is 0 Å². The van der Waals surface area contributed by atoms with Crippen molar-refractivity contribution in [1.29, 1.82) is 0 Å². The van der Waals surface area contributed by atoms with Crippen LogP contribution in [0.25, 0.3) is 10.2 Å². The molecule has 3 rings (SSSR count). The van der Waals surface area contributed by atoms with Crippen LogP contribution in [0.4, 0.5) is 5.13 Å². The minimum Gasteiger partial charge on any atom is -0.296 e. The van der Waals surface area contributed by atoms with Crippen LogP contribution in [0.5, 0.6) is 0 Å². The molecule has 0 aliphatic rings. The molecule has 0 atom stereocenters. The van der Waals surface area contributed by atoms with Crippen molar-refractivity contribution < 1.29 is 4.79 Å². The van der Waals surface area contributed by atoms with Crippen LogP contribution in [0.1, 0.15) is 21.6 Å². The van der Waals surface area contributed by atoms with Crippen molar-refractivity contribution in [2.75, 3.05) is 5.32 Å². The molecular formula is C12H11N5OS. The maximum absolute atomic E-state index is 11.9. The molecule has 0 aliphatic carbocycles. The molecule has 3 aromatic rings. The van der Waals surface area contributed by atoms with Crippen LogP contribution < -0.4 is 5.32 Å². The van der Waals surface area contributed by atoms with Gasteiger partial charge in [-0.3, -0.25) is 10.1 Å². The van der Waals surface area contributed by atoms with Crippen LogP contribution in [0.15, 0.2) is 18.3 Å². The number of thiazole rings is 1. The third kappa shape index (κ3) is 2.08. The fraction of sp³-hybridized carbons (Fsp3) is 0.167. The van der Waals surface area contributed by atoms with Gasteiger partial charge in [-0.05, 0) is 25.0 Å². The van der Waals surface area contributed by atoms with Gasteiger partial charge in [0.25, 0.3) is 5.91 Å². The monoisotopic (exact) mass is 273 g/mol. The van der Waals surface area contributed by atoms with Gasteiger partial charge in [-0.1, -0.05) is 23.5 Å². The second-order valence-electron chi connectivity index (χ2n) is 4.21. The molecule has 6 nitrogen and oxygen atoms in total. The number of hydrogen-bond donors (Lipinski definition) is 2. The van der Waals surface area contributed by atoms with Crippen molar-refractivity contribution in [3.63, 3.8) is 0 Å². The van der Waals surface area contributed by atoms with E-state index in [2.05, 4.69) is 31.8 Å². The molecule has 0 radical (unpaired) electrons. The van der Waals surface area contributed by atoms with Crippen molar-refractivity contribution in [1.82, 2.24) is 20.4 Å². The first kappa shape index (κ1) is 11.8. The minimum atomic E-state index is -0.317. The molecule has 0 fully saturated rings. The van der Waals surface area contributed by atoms with Gasteiger partial charge in [-0.25, -0.2) is 4.98 Å². The van der Waals surface area contributed by atoms with Crippen molar-refractivity contribution in [3.8, 4) is 0 Å². The molecule has 0 unspecified atom stereocenters. The maximum atomic E-state index is 11.9. The van der Waals surface area contributed by atoms with Gasteiger partial charge < -0.3 is 0 Å². The molecule has 19 heavy (non-hydrogen) atoms. The highest BCUT2D eigenvalue weighted by Crippen LogP contribution is 2.30. The molecule has 0 aliphatic heterocycles. The number of anilines is 1. The fourth-order valence-electron chi connectivity index (χ4n) is 1.78. The van der Waals surface area contributed by atoms with E-state index in [4.69, 9.17) is 0 Å². The highest BCUT2D eigenvalue weighted by atomic mass is 32.1. The quantitative estimate of drug-likeness (QED) is 0.750. The number of aromatic nitrogens is 4. The van der Waals surface area contributed by atoms with E-state index < -0.39 is 0 Å². The number of rotatable bonds is 2. The maximum Gasteiger partial charge on any atom is 0.279 e. The van der Waals surface area contributed by atoms with E-state index in [1.807, 2.05) is 19.9 Å². The SMILES string of the molecule is Cc1ccc(C)c2sc(NC(=O)c3cn[nH]n3)nc12. The van der Waals surface area contributed by atoms with Crippen LogP contribution in [-0.2, 0) is 0 Å². The highest BCUT2D eigenvalue weighted by Gasteiger charge is 2.13. The zero-order valence-electron chi connectivity index (χ0n) is 10.4. The Balaban J connectivity index is 1.96. The van der Waals surface area contributed by atoms with Gasteiger partial charge in [0.05, 0.1) is 16.4 Å². The average Bonchev–Trinajstić information content (AvgIpc) is 3.02. The Labute approximate surface area is 112 Å². The lowest BCUT2D eigenvalue weighted by atomic mass is 10.1. The van der Waals surface area contributed by atoms with Gasteiger partial charge in [-0.2, -0.15) is 15.4 Å². The van der Waals surface area contributed by atoms with Crippen LogP contribution in [0, 0.1) is 13.8 Å². The number of amides is 1. The Hall–Kier alpha value is -2.28. The predicted octanol–water partition coefficient (Wildman–Crippen LogP) is 2.28. The van der Waals surface area contributed by atoms with Crippen LogP contribution in [-0.4, -0.2) is 26.3 Å². The number of nitrogens with zero attached hydrogens (tertiary/aromatic N) is 3. The second-order valence-corrected chi connectivity index (χ2v) is 5.20. The van der Waals surface area contributed by atoms with Gasteiger partial charge in [0.2, 0.25) is 0 Å². The molecule has 2 aromatic heterocycles. The number of aromatic amines is 1. The topological polar surface area (TPSA) is 83.6 Å². The van der Waals surface area contributed by atoms with E-state index in [9.17, 15) is 4.79 Å².